The molecule has 0 bridgehead atoms. The molecule has 1 fully saturated rings. The van der Waals surface area contributed by atoms with Crippen LogP contribution in [0.5, 0.6) is 0 Å². The fourth-order valence-electron chi connectivity index (χ4n) is 3.05. The number of anilines is 1. The molecule has 6 heteroatoms. The van der Waals surface area contributed by atoms with Crippen LogP contribution >= 0.6 is 0 Å². The summed E-state index contributed by atoms with van der Waals surface area (Å²) in [7, 11) is 0. The third-order valence-electron chi connectivity index (χ3n) is 4.42. The Morgan fingerprint density at radius 1 is 1.36 bits per heavy atom. The molecule has 2 atom stereocenters. The zero-order chi connectivity index (χ0) is 17.8. The van der Waals surface area contributed by atoms with E-state index in [1.165, 1.54) is 0 Å². The van der Waals surface area contributed by atoms with Crippen molar-refractivity contribution < 1.29 is 4.79 Å². The Hall–Kier alpha value is -2.91. The molecule has 1 aromatic carbocycles. The van der Waals surface area contributed by atoms with Crippen LogP contribution in [-0.4, -0.2) is 36.1 Å². The van der Waals surface area contributed by atoms with E-state index in [-0.39, 0.29) is 11.9 Å². The lowest BCUT2D eigenvalue weighted by molar-refractivity contribution is -0.122. The van der Waals surface area contributed by atoms with E-state index in [9.17, 15) is 10.1 Å². The van der Waals surface area contributed by atoms with Gasteiger partial charge in [-0.3, -0.25) is 9.78 Å². The van der Waals surface area contributed by atoms with Gasteiger partial charge >= 0.3 is 0 Å². The number of benzene rings is 1. The number of carbonyl (C=O) groups is 1. The van der Waals surface area contributed by atoms with Gasteiger partial charge in [0.05, 0.1) is 17.3 Å². The zero-order valence-corrected chi connectivity index (χ0v) is 14.1. The van der Waals surface area contributed by atoms with E-state index in [1.807, 2.05) is 30.3 Å². The van der Waals surface area contributed by atoms with E-state index in [2.05, 4.69) is 21.3 Å². The van der Waals surface area contributed by atoms with Crippen molar-refractivity contribution in [2.45, 2.75) is 25.4 Å². The summed E-state index contributed by atoms with van der Waals surface area (Å²) in [5, 5.41) is 12.5. The monoisotopic (exact) mass is 335 g/mol. The van der Waals surface area contributed by atoms with Gasteiger partial charge in [0.15, 0.2) is 0 Å². The second-order valence-corrected chi connectivity index (χ2v) is 6.31. The smallest absolute Gasteiger partial charge is 0.236 e. The molecule has 1 amide bonds. The normalized spacial score (nSPS) is 17.8. The highest BCUT2D eigenvalue weighted by Crippen LogP contribution is 2.29. The number of nitrogens with zero attached hydrogens (tertiary/aromatic N) is 3. The minimum atomic E-state index is -0.511. The van der Waals surface area contributed by atoms with Gasteiger partial charge in [0.1, 0.15) is 6.07 Å². The molecule has 6 nitrogen and oxygen atoms in total. The predicted molar refractivity (Wildman–Crippen MR) is 96.8 cm³/mol. The molecule has 0 aliphatic carbocycles. The Labute approximate surface area is 147 Å². The van der Waals surface area contributed by atoms with Gasteiger partial charge in [-0.1, -0.05) is 6.07 Å². The second kappa shape index (κ2) is 7.32. The van der Waals surface area contributed by atoms with Gasteiger partial charge in [0.2, 0.25) is 5.91 Å². The number of nitrogens with one attached hydrogen (secondary N) is 1. The zero-order valence-electron chi connectivity index (χ0n) is 14.1. The molecule has 2 heterocycles. The Balaban J connectivity index is 1.77. The first-order valence-corrected chi connectivity index (χ1v) is 8.34. The van der Waals surface area contributed by atoms with E-state index in [1.54, 1.807) is 19.3 Å². The van der Waals surface area contributed by atoms with Crippen molar-refractivity contribution in [3.8, 4) is 17.2 Å². The molecule has 0 radical (unpaired) electrons. The molecule has 3 rings (SSSR count). The lowest BCUT2D eigenvalue weighted by Gasteiger charge is -2.21. The van der Waals surface area contributed by atoms with Gasteiger partial charge in [0.25, 0.3) is 0 Å². The topological polar surface area (TPSA) is 95.0 Å². The highest BCUT2D eigenvalue weighted by Gasteiger charge is 2.26. The maximum atomic E-state index is 11.8. The van der Waals surface area contributed by atoms with E-state index in [0.29, 0.717) is 12.1 Å². The average molecular weight is 335 g/mol. The second-order valence-electron chi connectivity index (χ2n) is 6.31. The van der Waals surface area contributed by atoms with Crippen LogP contribution < -0.4 is 16.0 Å². The number of aromatic nitrogens is 1. The van der Waals surface area contributed by atoms with Crippen LogP contribution in [0.15, 0.2) is 42.7 Å². The van der Waals surface area contributed by atoms with E-state index < -0.39 is 6.04 Å². The van der Waals surface area contributed by atoms with Crippen molar-refractivity contribution in [2.24, 2.45) is 5.73 Å². The van der Waals surface area contributed by atoms with Crippen molar-refractivity contribution >= 4 is 11.6 Å². The van der Waals surface area contributed by atoms with Crippen molar-refractivity contribution in [1.29, 1.82) is 5.26 Å². The SMILES string of the molecule is CC(N)C(=O)NC1CCN(c2ccc(-c3ccncc3)cc2C#N)C1. The molecular weight excluding hydrogens is 314 g/mol. The maximum Gasteiger partial charge on any atom is 0.236 e. The number of hydrogen-bond donors (Lipinski definition) is 2. The van der Waals surface area contributed by atoms with Crippen LogP contribution in [0.3, 0.4) is 0 Å². The Bertz CT molecular complexity index is 797. The summed E-state index contributed by atoms with van der Waals surface area (Å²) < 4.78 is 0. The van der Waals surface area contributed by atoms with Gasteiger partial charge < -0.3 is 16.0 Å². The lowest BCUT2D eigenvalue weighted by atomic mass is 10.0. The summed E-state index contributed by atoms with van der Waals surface area (Å²) in [4.78, 5) is 17.9. The average Bonchev–Trinajstić information content (AvgIpc) is 3.10. The quantitative estimate of drug-likeness (QED) is 0.886. The van der Waals surface area contributed by atoms with Gasteiger partial charge in [-0.05, 0) is 48.7 Å². The van der Waals surface area contributed by atoms with Crippen molar-refractivity contribution in [1.82, 2.24) is 10.3 Å². The molecule has 2 aromatic rings. The molecule has 0 spiro atoms. The lowest BCUT2D eigenvalue weighted by Crippen LogP contribution is -2.44. The minimum Gasteiger partial charge on any atom is -0.368 e. The van der Waals surface area contributed by atoms with Crippen LogP contribution in [-0.2, 0) is 4.79 Å². The summed E-state index contributed by atoms with van der Waals surface area (Å²) >= 11 is 0. The number of nitriles is 1. The van der Waals surface area contributed by atoms with E-state index in [4.69, 9.17) is 5.73 Å². The number of hydrogen-bond acceptors (Lipinski definition) is 5. The molecule has 25 heavy (non-hydrogen) atoms. The Morgan fingerprint density at radius 3 is 2.80 bits per heavy atom. The molecule has 1 aromatic heterocycles. The van der Waals surface area contributed by atoms with Crippen LogP contribution in [0, 0.1) is 11.3 Å². The third kappa shape index (κ3) is 3.78. The highest BCUT2D eigenvalue weighted by atomic mass is 16.2. The fraction of sp³-hybridized carbons (Fsp3) is 0.316. The molecule has 3 N–H and O–H groups in total. The number of carbonyl (C=O) groups excluding carboxylic acids is 1. The predicted octanol–water partition coefficient (Wildman–Crippen LogP) is 1.66. The summed E-state index contributed by atoms with van der Waals surface area (Å²) in [5.41, 5.74) is 9.16. The summed E-state index contributed by atoms with van der Waals surface area (Å²) in [6.45, 7) is 3.16. The Kier molecular flexibility index (Phi) is 4.96. The number of amides is 1. The highest BCUT2D eigenvalue weighted by molar-refractivity contribution is 5.81. The first-order chi connectivity index (χ1) is 12.1. The molecule has 0 saturated carbocycles. The first kappa shape index (κ1) is 16.9. The molecule has 1 saturated heterocycles. The van der Waals surface area contributed by atoms with E-state index in [0.717, 1.165) is 29.8 Å². The van der Waals surface area contributed by atoms with Crippen LogP contribution in [0.4, 0.5) is 5.69 Å². The molecule has 1 aliphatic rings. The van der Waals surface area contributed by atoms with E-state index >= 15 is 0 Å². The molecule has 2 unspecified atom stereocenters. The van der Waals surface area contributed by atoms with Crippen LogP contribution in [0.2, 0.25) is 0 Å². The van der Waals surface area contributed by atoms with Crippen molar-refractivity contribution in [2.75, 3.05) is 18.0 Å². The fourth-order valence-corrected chi connectivity index (χ4v) is 3.05. The van der Waals surface area contributed by atoms with Gasteiger partial charge in [0, 0.05) is 31.5 Å². The number of nitrogens with two attached hydrogens (primary N) is 1. The minimum absolute atomic E-state index is 0.0601. The van der Waals surface area contributed by atoms with Gasteiger partial charge in [-0.25, -0.2) is 0 Å². The van der Waals surface area contributed by atoms with Crippen LogP contribution in [0.25, 0.3) is 11.1 Å². The summed E-state index contributed by atoms with van der Waals surface area (Å²) in [6.07, 6.45) is 4.32. The van der Waals surface area contributed by atoms with Gasteiger partial charge in [-0.2, -0.15) is 5.26 Å². The third-order valence-corrected chi connectivity index (χ3v) is 4.42. The number of rotatable bonds is 4. The van der Waals surface area contributed by atoms with Crippen LogP contribution in [0.1, 0.15) is 18.9 Å². The molecule has 128 valence electrons. The summed E-state index contributed by atoms with van der Waals surface area (Å²) in [6, 6.07) is 11.6. The largest absolute Gasteiger partial charge is 0.368 e. The number of pyridine rings is 1. The Morgan fingerprint density at radius 2 is 2.12 bits per heavy atom. The summed E-state index contributed by atoms with van der Waals surface area (Å²) in [5.74, 6) is -0.139. The standard InChI is InChI=1S/C19H21N5O/c1-13(21)19(25)23-17-6-9-24(12-17)18-3-2-15(10-16(18)11-20)14-4-7-22-8-5-14/h2-5,7-8,10,13,17H,6,9,12,21H2,1H3,(H,23,25). The molecule has 1 aliphatic heterocycles. The first-order valence-electron chi connectivity index (χ1n) is 8.34. The maximum absolute atomic E-state index is 11.8. The van der Waals surface area contributed by atoms with Gasteiger partial charge in [-0.15, -0.1) is 0 Å². The van der Waals surface area contributed by atoms with Crippen molar-refractivity contribution in [3.05, 3.63) is 48.3 Å². The molecular formula is C19H21N5O. The van der Waals surface area contributed by atoms with Crippen molar-refractivity contribution in [3.63, 3.8) is 0 Å².